The summed E-state index contributed by atoms with van der Waals surface area (Å²) in [6.07, 6.45) is -0.0356. The fourth-order valence-corrected chi connectivity index (χ4v) is 2.90. The molecule has 0 aromatic carbocycles. The van der Waals surface area contributed by atoms with E-state index in [0.717, 1.165) is 5.75 Å². The number of nitrogens with zero attached hydrogens (tertiary/aromatic N) is 2. The molecule has 6 nitrogen and oxygen atoms in total. The maximum Gasteiger partial charge on any atom is 0.320 e. The Hall–Kier alpha value is -0.950. The van der Waals surface area contributed by atoms with Crippen LogP contribution in [0.4, 0.5) is 4.79 Å². The number of aliphatic hydroxyl groups is 1. The molecule has 0 aromatic rings. The molecule has 0 bridgehead atoms. The van der Waals surface area contributed by atoms with E-state index in [1.54, 1.807) is 37.6 Å². The van der Waals surface area contributed by atoms with Gasteiger partial charge in [-0.1, -0.05) is 0 Å². The van der Waals surface area contributed by atoms with Crippen LogP contribution in [0, 0.1) is 0 Å². The molecular weight excluding hydrogens is 268 g/mol. The molecule has 0 radical (unpaired) electrons. The number of likely N-dealkylation sites (N-methyl/N-ethyl adjacent to an activating group) is 1. The highest BCUT2D eigenvalue weighted by Gasteiger charge is 2.35. The van der Waals surface area contributed by atoms with Crippen molar-refractivity contribution in [3.63, 3.8) is 0 Å². The summed E-state index contributed by atoms with van der Waals surface area (Å²) >= 11 is 1.67. The van der Waals surface area contributed by atoms with Gasteiger partial charge in [0.2, 0.25) is 0 Å². The third-order valence-electron chi connectivity index (χ3n) is 3.47. The van der Waals surface area contributed by atoms with Crippen molar-refractivity contribution in [1.82, 2.24) is 9.80 Å². The van der Waals surface area contributed by atoms with E-state index >= 15 is 0 Å². The van der Waals surface area contributed by atoms with Crippen molar-refractivity contribution < 1.29 is 19.8 Å². The number of carboxylic acids is 1. The second-order valence-corrected chi connectivity index (χ2v) is 6.48. The molecule has 7 heteroatoms. The zero-order valence-electron chi connectivity index (χ0n) is 11.6. The summed E-state index contributed by atoms with van der Waals surface area (Å²) in [6, 6.07) is -0.494. The van der Waals surface area contributed by atoms with Crippen molar-refractivity contribution in [2.45, 2.75) is 31.8 Å². The number of hydrogen-bond donors (Lipinski definition) is 2. The van der Waals surface area contributed by atoms with Gasteiger partial charge >= 0.3 is 12.0 Å². The van der Waals surface area contributed by atoms with Gasteiger partial charge in [0, 0.05) is 25.1 Å². The Labute approximate surface area is 117 Å². The van der Waals surface area contributed by atoms with E-state index in [1.807, 2.05) is 0 Å². The SMILES string of the molecule is CN(C(=O)N1CCSCC1CC(=O)O)C(C)(C)CO. The number of carbonyl (C=O) groups is 2. The van der Waals surface area contributed by atoms with Gasteiger partial charge in [-0.15, -0.1) is 0 Å². The van der Waals surface area contributed by atoms with E-state index in [1.165, 1.54) is 4.90 Å². The molecule has 1 saturated heterocycles. The first kappa shape index (κ1) is 16.1. The number of hydrogen-bond acceptors (Lipinski definition) is 4. The topological polar surface area (TPSA) is 81.1 Å². The predicted octanol–water partition coefficient (Wildman–Crippen LogP) is 0.701. The van der Waals surface area contributed by atoms with Gasteiger partial charge in [0.25, 0.3) is 0 Å². The van der Waals surface area contributed by atoms with Gasteiger partial charge in [-0.05, 0) is 13.8 Å². The van der Waals surface area contributed by atoms with E-state index in [9.17, 15) is 14.7 Å². The van der Waals surface area contributed by atoms with Crippen LogP contribution in [0.15, 0.2) is 0 Å². The van der Waals surface area contributed by atoms with E-state index < -0.39 is 11.5 Å². The van der Waals surface area contributed by atoms with Crippen LogP contribution in [0.5, 0.6) is 0 Å². The van der Waals surface area contributed by atoms with Crippen LogP contribution in [0.1, 0.15) is 20.3 Å². The highest BCUT2D eigenvalue weighted by atomic mass is 32.2. The van der Waals surface area contributed by atoms with E-state index in [-0.39, 0.29) is 25.1 Å². The Morgan fingerprint density at radius 2 is 2.11 bits per heavy atom. The maximum absolute atomic E-state index is 12.4. The molecule has 2 N–H and O–H groups in total. The fourth-order valence-electron chi connectivity index (χ4n) is 1.83. The van der Waals surface area contributed by atoms with Crippen molar-refractivity contribution in [2.75, 3.05) is 31.7 Å². The molecule has 1 aliphatic heterocycles. The van der Waals surface area contributed by atoms with Crippen molar-refractivity contribution in [3.05, 3.63) is 0 Å². The van der Waals surface area contributed by atoms with Gasteiger partial charge in [-0.25, -0.2) is 4.79 Å². The van der Waals surface area contributed by atoms with Crippen LogP contribution >= 0.6 is 11.8 Å². The molecule has 110 valence electrons. The number of urea groups is 1. The smallest absolute Gasteiger partial charge is 0.320 e. The first-order chi connectivity index (χ1) is 8.79. The van der Waals surface area contributed by atoms with E-state index in [0.29, 0.717) is 12.3 Å². The van der Waals surface area contributed by atoms with Gasteiger partial charge < -0.3 is 20.0 Å². The van der Waals surface area contributed by atoms with Gasteiger partial charge in [0.15, 0.2) is 0 Å². The predicted molar refractivity (Wildman–Crippen MR) is 74.4 cm³/mol. The second-order valence-electron chi connectivity index (χ2n) is 5.33. The fraction of sp³-hybridized carbons (Fsp3) is 0.833. The zero-order valence-corrected chi connectivity index (χ0v) is 12.4. The maximum atomic E-state index is 12.4. The number of carbonyl (C=O) groups excluding carboxylic acids is 1. The van der Waals surface area contributed by atoms with Crippen LogP contribution in [0.2, 0.25) is 0 Å². The standard InChI is InChI=1S/C12H22N2O4S/c1-12(2,8-15)13(3)11(18)14-4-5-19-7-9(14)6-10(16)17/h9,15H,4-8H2,1-3H3,(H,16,17). The summed E-state index contributed by atoms with van der Waals surface area (Å²) in [6.45, 7) is 3.96. The summed E-state index contributed by atoms with van der Waals surface area (Å²) in [7, 11) is 1.64. The Morgan fingerprint density at radius 1 is 1.47 bits per heavy atom. The lowest BCUT2D eigenvalue weighted by Crippen LogP contribution is -2.57. The molecular formula is C12H22N2O4S. The van der Waals surface area contributed by atoms with Gasteiger partial charge in [-0.3, -0.25) is 4.79 Å². The summed E-state index contributed by atoms with van der Waals surface area (Å²) in [5, 5.41) is 18.2. The summed E-state index contributed by atoms with van der Waals surface area (Å²) in [4.78, 5) is 26.4. The molecule has 1 rings (SSSR count). The quantitative estimate of drug-likeness (QED) is 0.796. The van der Waals surface area contributed by atoms with Crippen LogP contribution < -0.4 is 0 Å². The van der Waals surface area contributed by atoms with E-state index in [4.69, 9.17) is 5.11 Å². The van der Waals surface area contributed by atoms with Gasteiger partial charge in [0.1, 0.15) is 0 Å². The largest absolute Gasteiger partial charge is 0.481 e. The molecule has 1 fully saturated rings. The molecule has 2 amide bonds. The van der Waals surface area contributed by atoms with Crippen LogP contribution in [-0.4, -0.2) is 75.3 Å². The molecule has 0 aromatic heterocycles. The number of amides is 2. The van der Waals surface area contributed by atoms with Gasteiger partial charge in [-0.2, -0.15) is 11.8 Å². The monoisotopic (exact) mass is 290 g/mol. The van der Waals surface area contributed by atoms with Crippen LogP contribution in [0.25, 0.3) is 0 Å². The average molecular weight is 290 g/mol. The third kappa shape index (κ3) is 4.01. The first-order valence-electron chi connectivity index (χ1n) is 6.24. The molecule has 1 atom stereocenters. The second kappa shape index (κ2) is 6.47. The molecule has 0 saturated carbocycles. The summed E-state index contributed by atoms with van der Waals surface area (Å²) in [5.74, 6) is 0.565. The van der Waals surface area contributed by atoms with Crippen LogP contribution in [0.3, 0.4) is 0 Å². The highest BCUT2D eigenvalue weighted by molar-refractivity contribution is 7.99. The number of aliphatic hydroxyl groups excluding tert-OH is 1. The van der Waals surface area contributed by atoms with Crippen LogP contribution in [-0.2, 0) is 4.79 Å². The van der Waals surface area contributed by atoms with E-state index in [2.05, 4.69) is 0 Å². The summed E-state index contributed by atoms with van der Waals surface area (Å²) in [5.41, 5.74) is -0.657. The number of thioether (sulfide) groups is 1. The molecule has 1 unspecified atom stereocenters. The highest BCUT2D eigenvalue weighted by Crippen LogP contribution is 2.22. The number of aliphatic carboxylic acids is 1. The van der Waals surface area contributed by atoms with Crippen molar-refractivity contribution in [1.29, 1.82) is 0 Å². The molecule has 1 aliphatic rings. The van der Waals surface area contributed by atoms with Crippen molar-refractivity contribution >= 4 is 23.8 Å². The Morgan fingerprint density at radius 3 is 2.63 bits per heavy atom. The van der Waals surface area contributed by atoms with Crippen molar-refractivity contribution in [2.24, 2.45) is 0 Å². The lowest BCUT2D eigenvalue weighted by atomic mass is 10.1. The number of rotatable bonds is 4. The Balaban J connectivity index is 2.79. The van der Waals surface area contributed by atoms with Gasteiger partial charge in [0.05, 0.1) is 24.6 Å². The zero-order chi connectivity index (χ0) is 14.6. The third-order valence-corrected chi connectivity index (χ3v) is 4.56. The lowest BCUT2D eigenvalue weighted by Gasteiger charge is -2.42. The molecule has 1 heterocycles. The minimum atomic E-state index is -0.894. The number of carboxylic acid groups (broad SMARTS) is 1. The first-order valence-corrected chi connectivity index (χ1v) is 7.40. The lowest BCUT2D eigenvalue weighted by molar-refractivity contribution is -0.138. The molecule has 0 spiro atoms. The van der Waals surface area contributed by atoms with Crippen molar-refractivity contribution in [3.8, 4) is 0 Å². The minimum absolute atomic E-state index is 0.0356. The Bertz CT molecular complexity index is 349. The minimum Gasteiger partial charge on any atom is -0.481 e. The Kier molecular flexibility index (Phi) is 5.49. The average Bonchev–Trinajstić information content (AvgIpc) is 2.37. The normalized spacial score (nSPS) is 20.2. The molecule has 19 heavy (non-hydrogen) atoms. The summed E-state index contributed by atoms with van der Waals surface area (Å²) < 4.78 is 0. The molecule has 0 aliphatic carbocycles.